The van der Waals surface area contributed by atoms with Crippen molar-refractivity contribution in [1.82, 2.24) is 9.71 Å². The first-order valence-electron chi connectivity index (χ1n) is 8.29. The first-order valence-corrected chi connectivity index (χ1v) is 9.78. The number of carbonyl (C=O) groups is 1. The summed E-state index contributed by atoms with van der Waals surface area (Å²) in [6, 6.07) is 15.3. The third kappa shape index (κ3) is 4.81. The van der Waals surface area contributed by atoms with Crippen LogP contribution in [0.2, 0.25) is 0 Å². The Kier molecular flexibility index (Phi) is 5.68. The Balaban J connectivity index is 1.58. The second-order valence-electron chi connectivity index (χ2n) is 5.78. The van der Waals surface area contributed by atoms with Gasteiger partial charge in [-0.2, -0.15) is 0 Å². The number of benzene rings is 2. The number of ether oxygens (including phenoxy) is 1. The summed E-state index contributed by atoms with van der Waals surface area (Å²) in [5.74, 6) is 0.385. The standard InChI is InChI=1S/C19H19N3O4S/c1-14(23)22-16-7-9-17(10-8-16)27(24,25)21-12-13-26-18-6-2-4-15-5-3-11-20-19(15)18/h2-11,21H,12-13H2,1H3,(H,22,23). The third-order valence-corrected chi connectivity index (χ3v) is 5.21. The van der Waals surface area contributed by atoms with Gasteiger partial charge in [-0.3, -0.25) is 9.78 Å². The molecule has 0 atom stereocenters. The molecule has 0 aliphatic rings. The molecule has 0 fully saturated rings. The van der Waals surface area contributed by atoms with Crippen LogP contribution in [0.4, 0.5) is 5.69 Å². The lowest BCUT2D eigenvalue weighted by molar-refractivity contribution is -0.114. The number of carbonyl (C=O) groups excluding carboxylic acids is 1. The normalized spacial score (nSPS) is 11.3. The van der Waals surface area contributed by atoms with Crippen molar-refractivity contribution in [3.8, 4) is 5.75 Å². The molecule has 140 valence electrons. The summed E-state index contributed by atoms with van der Waals surface area (Å²) in [6.45, 7) is 1.66. The molecule has 0 saturated carbocycles. The number of aromatic nitrogens is 1. The Morgan fingerprint density at radius 1 is 1.07 bits per heavy atom. The number of nitrogens with zero attached hydrogens (tertiary/aromatic N) is 1. The second kappa shape index (κ2) is 8.15. The topological polar surface area (TPSA) is 97.4 Å². The van der Waals surface area contributed by atoms with E-state index in [1.54, 1.807) is 12.3 Å². The van der Waals surface area contributed by atoms with Crippen LogP contribution in [0.3, 0.4) is 0 Å². The van der Waals surface area contributed by atoms with Gasteiger partial charge < -0.3 is 10.1 Å². The van der Waals surface area contributed by atoms with E-state index in [9.17, 15) is 13.2 Å². The molecule has 0 spiro atoms. The fourth-order valence-corrected chi connectivity index (χ4v) is 3.55. The van der Waals surface area contributed by atoms with E-state index in [0.29, 0.717) is 11.4 Å². The summed E-state index contributed by atoms with van der Waals surface area (Å²) in [7, 11) is -3.66. The van der Waals surface area contributed by atoms with Crippen LogP contribution in [-0.4, -0.2) is 32.5 Å². The van der Waals surface area contributed by atoms with E-state index in [0.717, 1.165) is 10.9 Å². The highest BCUT2D eigenvalue weighted by atomic mass is 32.2. The predicted octanol–water partition coefficient (Wildman–Crippen LogP) is 2.55. The molecule has 2 N–H and O–H groups in total. The van der Waals surface area contributed by atoms with Crippen LogP contribution >= 0.6 is 0 Å². The number of nitrogens with one attached hydrogen (secondary N) is 2. The number of para-hydroxylation sites is 1. The van der Waals surface area contributed by atoms with Crippen LogP contribution in [-0.2, 0) is 14.8 Å². The molecule has 1 aromatic heterocycles. The smallest absolute Gasteiger partial charge is 0.240 e. The molecule has 0 aliphatic carbocycles. The van der Waals surface area contributed by atoms with E-state index >= 15 is 0 Å². The number of rotatable bonds is 7. The first kappa shape index (κ1) is 18.8. The molecule has 7 nitrogen and oxygen atoms in total. The van der Waals surface area contributed by atoms with Crippen molar-refractivity contribution in [3.63, 3.8) is 0 Å². The molecule has 0 unspecified atom stereocenters. The molecule has 0 saturated heterocycles. The van der Waals surface area contributed by atoms with Crippen molar-refractivity contribution in [1.29, 1.82) is 0 Å². The first-order chi connectivity index (χ1) is 13.0. The Morgan fingerprint density at radius 3 is 2.56 bits per heavy atom. The summed E-state index contributed by atoms with van der Waals surface area (Å²) in [5, 5.41) is 3.54. The van der Waals surface area contributed by atoms with Crippen LogP contribution in [0.15, 0.2) is 65.7 Å². The van der Waals surface area contributed by atoms with Crippen molar-refractivity contribution in [2.45, 2.75) is 11.8 Å². The van der Waals surface area contributed by atoms with Crippen LogP contribution in [0.1, 0.15) is 6.92 Å². The Bertz CT molecular complexity index is 1040. The van der Waals surface area contributed by atoms with Gasteiger partial charge in [0.05, 0.1) is 4.90 Å². The summed E-state index contributed by atoms with van der Waals surface area (Å²) >= 11 is 0. The van der Waals surface area contributed by atoms with E-state index in [1.807, 2.05) is 24.3 Å². The minimum absolute atomic E-state index is 0.110. The highest BCUT2D eigenvalue weighted by Gasteiger charge is 2.13. The number of amides is 1. The summed E-state index contributed by atoms with van der Waals surface area (Å²) in [5.41, 5.74) is 1.27. The zero-order valence-corrected chi connectivity index (χ0v) is 15.5. The van der Waals surface area contributed by atoms with Crippen LogP contribution in [0.25, 0.3) is 10.9 Å². The fraction of sp³-hybridized carbons (Fsp3) is 0.158. The maximum atomic E-state index is 12.3. The number of anilines is 1. The van der Waals surface area contributed by atoms with Crippen molar-refractivity contribution in [2.24, 2.45) is 0 Å². The summed E-state index contributed by atoms with van der Waals surface area (Å²) < 4.78 is 32.8. The van der Waals surface area contributed by atoms with Crippen LogP contribution in [0.5, 0.6) is 5.75 Å². The van der Waals surface area contributed by atoms with Crippen molar-refractivity contribution >= 4 is 32.5 Å². The summed E-state index contributed by atoms with van der Waals surface area (Å²) in [4.78, 5) is 15.4. The third-order valence-electron chi connectivity index (χ3n) is 3.73. The average molecular weight is 385 g/mol. The lowest BCUT2D eigenvalue weighted by Crippen LogP contribution is -2.28. The number of fused-ring (bicyclic) bond motifs is 1. The van der Waals surface area contributed by atoms with Gasteiger partial charge in [0.2, 0.25) is 15.9 Å². The molecule has 27 heavy (non-hydrogen) atoms. The van der Waals surface area contributed by atoms with Gasteiger partial charge in [-0.1, -0.05) is 18.2 Å². The molecule has 0 aliphatic heterocycles. The maximum Gasteiger partial charge on any atom is 0.240 e. The lowest BCUT2D eigenvalue weighted by Gasteiger charge is -2.10. The van der Waals surface area contributed by atoms with Gasteiger partial charge in [-0.15, -0.1) is 0 Å². The quantitative estimate of drug-likeness (QED) is 0.609. The molecule has 0 radical (unpaired) electrons. The molecule has 2 aromatic carbocycles. The van der Waals surface area contributed by atoms with E-state index in [-0.39, 0.29) is 24.0 Å². The zero-order valence-electron chi connectivity index (χ0n) is 14.7. The van der Waals surface area contributed by atoms with E-state index in [2.05, 4.69) is 15.0 Å². The Morgan fingerprint density at radius 2 is 1.81 bits per heavy atom. The van der Waals surface area contributed by atoms with Crippen LogP contribution in [0, 0.1) is 0 Å². The molecule has 1 amide bonds. The van der Waals surface area contributed by atoms with Crippen molar-refractivity contribution in [2.75, 3.05) is 18.5 Å². The van der Waals surface area contributed by atoms with E-state index < -0.39 is 10.0 Å². The average Bonchev–Trinajstić information content (AvgIpc) is 2.65. The molecular formula is C19H19N3O4S. The van der Waals surface area contributed by atoms with Gasteiger partial charge in [0.25, 0.3) is 0 Å². The summed E-state index contributed by atoms with van der Waals surface area (Å²) in [6.07, 6.45) is 1.68. The second-order valence-corrected chi connectivity index (χ2v) is 7.55. The monoisotopic (exact) mass is 385 g/mol. The SMILES string of the molecule is CC(=O)Nc1ccc(S(=O)(=O)NCCOc2cccc3cccnc23)cc1. The van der Waals surface area contributed by atoms with E-state index in [1.165, 1.54) is 31.2 Å². The van der Waals surface area contributed by atoms with Gasteiger partial charge in [0.1, 0.15) is 17.9 Å². The van der Waals surface area contributed by atoms with Crippen molar-refractivity contribution in [3.05, 3.63) is 60.8 Å². The van der Waals surface area contributed by atoms with Gasteiger partial charge in [0, 0.05) is 30.7 Å². The number of sulfonamides is 1. The van der Waals surface area contributed by atoms with Gasteiger partial charge in [0.15, 0.2) is 0 Å². The molecule has 3 rings (SSSR count). The van der Waals surface area contributed by atoms with Gasteiger partial charge >= 0.3 is 0 Å². The van der Waals surface area contributed by atoms with Crippen molar-refractivity contribution < 1.29 is 17.9 Å². The Hall–Kier alpha value is -2.97. The predicted molar refractivity (Wildman–Crippen MR) is 103 cm³/mol. The molecule has 1 heterocycles. The van der Waals surface area contributed by atoms with Crippen LogP contribution < -0.4 is 14.8 Å². The molecule has 0 bridgehead atoms. The number of hydrogen-bond acceptors (Lipinski definition) is 5. The highest BCUT2D eigenvalue weighted by Crippen LogP contribution is 2.22. The number of pyridine rings is 1. The number of hydrogen-bond donors (Lipinski definition) is 2. The molecule has 3 aromatic rings. The largest absolute Gasteiger partial charge is 0.490 e. The minimum atomic E-state index is -3.66. The molecular weight excluding hydrogens is 366 g/mol. The molecule has 8 heteroatoms. The minimum Gasteiger partial charge on any atom is -0.490 e. The highest BCUT2D eigenvalue weighted by molar-refractivity contribution is 7.89. The van der Waals surface area contributed by atoms with E-state index in [4.69, 9.17) is 4.74 Å². The maximum absolute atomic E-state index is 12.3. The lowest BCUT2D eigenvalue weighted by atomic mass is 10.2. The Labute approximate surface area is 157 Å². The van der Waals surface area contributed by atoms with Gasteiger partial charge in [-0.25, -0.2) is 13.1 Å². The van der Waals surface area contributed by atoms with Gasteiger partial charge in [-0.05, 0) is 36.4 Å². The fourth-order valence-electron chi connectivity index (χ4n) is 2.53. The zero-order chi connectivity index (χ0) is 19.3.